The molecule has 1 N–H and O–H groups in total. The summed E-state index contributed by atoms with van der Waals surface area (Å²) in [4.78, 5) is 36.3. The van der Waals surface area contributed by atoms with Crippen molar-refractivity contribution >= 4 is 11.8 Å². The van der Waals surface area contributed by atoms with Gasteiger partial charge in [0.2, 0.25) is 11.8 Å². The molecule has 1 aliphatic heterocycles. The van der Waals surface area contributed by atoms with Crippen LogP contribution in [-0.2, 0) is 22.4 Å². The van der Waals surface area contributed by atoms with Crippen molar-refractivity contribution in [2.24, 2.45) is 5.41 Å². The highest BCUT2D eigenvalue weighted by Crippen LogP contribution is 2.35. The van der Waals surface area contributed by atoms with Gasteiger partial charge < -0.3 is 10.2 Å². The number of carbonyl (C=O) groups excluding carboxylic acids is 2. The number of carbonyl (C=O) groups is 2. The van der Waals surface area contributed by atoms with Crippen LogP contribution in [-0.4, -0.2) is 46.3 Å². The Bertz CT molecular complexity index is 1050. The summed E-state index contributed by atoms with van der Waals surface area (Å²) in [6.45, 7) is 3.50. The van der Waals surface area contributed by atoms with Gasteiger partial charge in [-0.25, -0.2) is 0 Å². The van der Waals surface area contributed by atoms with E-state index < -0.39 is 5.41 Å². The van der Waals surface area contributed by atoms with Crippen LogP contribution in [0.2, 0.25) is 0 Å². The van der Waals surface area contributed by atoms with E-state index in [4.69, 9.17) is 0 Å². The Labute approximate surface area is 188 Å². The van der Waals surface area contributed by atoms with Crippen molar-refractivity contribution in [1.82, 2.24) is 20.2 Å². The molecule has 0 bridgehead atoms. The molecule has 1 fully saturated rings. The molecule has 2 amide bonds. The SMILES string of the molecule is CCNC(=O)C1(Cc2ccc(-c3cccnc3)cc2)CCN(C(=O)Cc2ccccn2)C1. The van der Waals surface area contributed by atoms with E-state index in [0.29, 0.717) is 32.5 Å². The molecule has 1 aliphatic rings. The molecule has 0 aliphatic carbocycles. The van der Waals surface area contributed by atoms with Gasteiger partial charge >= 0.3 is 0 Å². The first-order chi connectivity index (χ1) is 15.6. The summed E-state index contributed by atoms with van der Waals surface area (Å²) in [5, 5.41) is 3.00. The fraction of sp³-hybridized carbons (Fsp3) is 0.308. The lowest BCUT2D eigenvalue weighted by molar-refractivity contribution is -0.132. The summed E-state index contributed by atoms with van der Waals surface area (Å²) in [6, 6.07) is 17.8. The molecule has 1 atom stereocenters. The van der Waals surface area contributed by atoms with Crippen molar-refractivity contribution in [2.75, 3.05) is 19.6 Å². The Morgan fingerprint density at radius 3 is 2.56 bits per heavy atom. The quantitative estimate of drug-likeness (QED) is 0.627. The van der Waals surface area contributed by atoms with Gasteiger partial charge in [0, 0.05) is 43.9 Å². The Balaban J connectivity index is 1.50. The average Bonchev–Trinajstić information content (AvgIpc) is 3.26. The molecule has 32 heavy (non-hydrogen) atoms. The normalized spacial score (nSPS) is 17.8. The maximum atomic E-state index is 13.1. The van der Waals surface area contributed by atoms with Crippen molar-refractivity contribution in [1.29, 1.82) is 0 Å². The van der Waals surface area contributed by atoms with Crippen LogP contribution in [0.15, 0.2) is 73.2 Å². The lowest BCUT2D eigenvalue weighted by atomic mass is 9.79. The first-order valence-electron chi connectivity index (χ1n) is 11.0. The topological polar surface area (TPSA) is 75.2 Å². The summed E-state index contributed by atoms with van der Waals surface area (Å²) < 4.78 is 0. The van der Waals surface area contributed by atoms with E-state index in [1.807, 2.05) is 48.4 Å². The predicted molar refractivity (Wildman–Crippen MR) is 124 cm³/mol. The van der Waals surface area contributed by atoms with Gasteiger partial charge in [0.15, 0.2) is 0 Å². The molecule has 0 spiro atoms. The Morgan fingerprint density at radius 2 is 1.88 bits per heavy atom. The fourth-order valence-electron chi connectivity index (χ4n) is 4.35. The Morgan fingerprint density at radius 1 is 1.03 bits per heavy atom. The van der Waals surface area contributed by atoms with Gasteiger partial charge in [0.1, 0.15) is 0 Å². The van der Waals surface area contributed by atoms with Crippen LogP contribution >= 0.6 is 0 Å². The Hall–Kier alpha value is -3.54. The second kappa shape index (κ2) is 9.73. The largest absolute Gasteiger partial charge is 0.356 e. The van der Waals surface area contributed by atoms with E-state index in [1.54, 1.807) is 12.4 Å². The molecule has 164 valence electrons. The zero-order valence-electron chi connectivity index (χ0n) is 18.3. The van der Waals surface area contributed by atoms with Crippen LogP contribution in [0.3, 0.4) is 0 Å². The Kier molecular flexibility index (Phi) is 6.59. The number of rotatable bonds is 7. The van der Waals surface area contributed by atoms with Crippen LogP contribution in [0.1, 0.15) is 24.6 Å². The third-order valence-corrected chi connectivity index (χ3v) is 6.08. The monoisotopic (exact) mass is 428 g/mol. The summed E-state index contributed by atoms with van der Waals surface area (Å²) >= 11 is 0. The van der Waals surface area contributed by atoms with E-state index >= 15 is 0 Å². The number of nitrogens with one attached hydrogen (secondary N) is 1. The van der Waals surface area contributed by atoms with Crippen LogP contribution in [0, 0.1) is 5.41 Å². The molecule has 1 unspecified atom stereocenters. The molecule has 3 aromatic rings. The minimum atomic E-state index is -0.619. The van der Waals surface area contributed by atoms with E-state index in [1.165, 1.54) is 0 Å². The second-order valence-electron chi connectivity index (χ2n) is 8.32. The van der Waals surface area contributed by atoms with Crippen LogP contribution in [0.4, 0.5) is 0 Å². The number of amides is 2. The third-order valence-electron chi connectivity index (χ3n) is 6.08. The maximum absolute atomic E-state index is 13.1. The van der Waals surface area contributed by atoms with E-state index in [-0.39, 0.29) is 18.2 Å². The molecule has 1 saturated heterocycles. The van der Waals surface area contributed by atoms with Crippen molar-refractivity contribution in [3.63, 3.8) is 0 Å². The fourth-order valence-corrected chi connectivity index (χ4v) is 4.35. The van der Waals surface area contributed by atoms with Gasteiger partial charge in [0.05, 0.1) is 11.8 Å². The van der Waals surface area contributed by atoms with Crippen LogP contribution in [0.25, 0.3) is 11.1 Å². The lowest BCUT2D eigenvalue weighted by Gasteiger charge is -2.28. The van der Waals surface area contributed by atoms with Crippen LogP contribution in [0.5, 0.6) is 0 Å². The molecule has 3 heterocycles. The van der Waals surface area contributed by atoms with Gasteiger partial charge in [-0.2, -0.15) is 0 Å². The summed E-state index contributed by atoms with van der Waals surface area (Å²) in [6.07, 6.45) is 6.80. The maximum Gasteiger partial charge on any atom is 0.228 e. The smallest absolute Gasteiger partial charge is 0.228 e. The summed E-state index contributed by atoms with van der Waals surface area (Å²) in [7, 11) is 0. The first-order valence-corrected chi connectivity index (χ1v) is 11.0. The molecule has 4 rings (SSSR count). The molecular weight excluding hydrogens is 400 g/mol. The van der Waals surface area contributed by atoms with Crippen molar-refractivity contribution in [3.8, 4) is 11.1 Å². The highest BCUT2D eigenvalue weighted by atomic mass is 16.2. The molecule has 6 heteroatoms. The minimum Gasteiger partial charge on any atom is -0.356 e. The standard InChI is InChI=1S/C26H28N4O2/c1-2-28-25(32)26(12-15-30(19-26)24(31)16-23-7-3-4-14-29-23)17-20-8-10-21(11-9-20)22-6-5-13-27-18-22/h3-11,13-14,18H,2,12,15-17,19H2,1H3,(H,28,32). The molecule has 0 saturated carbocycles. The summed E-state index contributed by atoms with van der Waals surface area (Å²) in [5.41, 5.74) is 3.37. The highest BCUT2D eigenvalue weighted by molar-refractivity contribution is 5.86. The van der Waals surface area contributed by atoms with Crippen molar-refractivity contribution < 1.29 is 9.59 Å². The van der Waals surface area contributed by atoms with Crippen LogP contribution < -0.4 is 5.32 Å². The third kappa shape index (κ3) is 4.85. The molecule has 1 aromatic carbocycles. The average molecular weight is 429 g/mol. The zero-order chi connectivity index (χ0) is 22.4. The summed E-state index contributed by atoms with van der Waals surface area (Å²) in [5.74, 6) is 0.0336. The van der Waals surface area contributed by atoms with Gasteiger partial charge in [-0.3, -0.25) is 19.6 Å². The molecule has 6 nitrogen and oxygen atoms in total. The van der Waals surface area contributed by atoms with Crippen molar-refractivity contribution in [3.05, 3.63) is 84.4 Å². The van der Waals surface area contributed by atoms with Crippen molar-refractivity contribution in [2.45, 2.75) is 26.2 Å². The number of hydrogen-bond donors (Lipinski definition) is 1. The van der Waals surface area contributed by atoms with E-state index in [0.717, 1.165) is 22.4 Å². The molecule has 2 aromatic heterocycles. The highest BCUT2D eigenvalue weighted by Gasteiger charge is 2.45. The number of benzene rings is 1. The molecular formula is C26H28N4O2. The predicted octanol–water partition coefficient (Wildman–Crippen LogP) is 3.28. The molecule has 0 radical (unpaired) electrons. The van der Waals surface area contributed by atoms with E-state index in [9.17, 15) is 9.59 Å². The number of hydrogen-bond acceptors (Lipinski definition) is 4. The number of likely N-dealkylation sites (tertiary alicyclic amines) is 1. The number of aromatic nitrogens is 2. The number of pyridine rings is 2. The first kappa shape index (κ1) is 21.7. The second-order valence-corrected chi connectivity index (χ2v) is 8.32. The van der Waals surface area contributed by atoms with Gasteiger partial charge in [0.25, 0.3) is 0 Å². The van der Waals surface area contributed by atoms with E-state index in [2.05, 4.69) is 39.6 Å². The minimum absolute atomic E-state index is 0.0156. The van der Waals surface area contributed by atoms with Gasteiger partial charge in [-0.05, 0) is 54.7 Å². The zero-order valence-corrected chi connectivity index (χ0v) is 18.3. The lowest BCUT2D eigenvalue weighted by Crippen LogP contribution is -2.45. The van der Waals surface area contributed by atoms with Gasteiger partial charge in [-0.15, -0.1) is 0 Å². The van der Waals surface area contributed by atoms with Gasteiger partial charge in [-0.1, -0.05) is 36.4 Å². The number of nitrogens with zero attached hydrogens (tertiary/aromatic N) is 3.